The Morgan fingerprint density at radius 2 is 1.89 bits per heavy atom. The minimum atomic E-state index is -0.0218. The van der Waals surface area contributed by atoms with E-state index in [2.05, 4.69) is 17.6 Å². The lowest BCUT2D eigenvalue weighted by Gasteiger charge is -2.34. The van der Waals surface area contributed by atoms with Gasteiger partial charge in [0.1, 0.15) is 0 Å². The smallest absolute Gasteiger partial charge is 0.251 e. The molecule has 2 rings (SSSR count). The molecule has 1 aliphatic rings. The van der Waals surface area contributed by atoms with Crippen molar-refractivity contribution in [2.24, 2.45) is 5.41 Å². The third kappa shape index (κ3) is 4.68. The summed E-state index contributed by atoms with van der Waals surface area (Å²) in [6.07, 6.45) is 2.21. The van der Waals surface area contributed by atoms with Crippen LogP contribution in [0.2, 0.25) is 5.02 Å². The van der Waals surface area contributed by atoms with Gasteiger partial charge in [0.05, 0.1) is 0 Å². The highest BCUT2D eigenvalue weighted by Gasteiger charge is 2.27. The van der Waals surface area contributed by atoms with Gasteiger partial charge in [-0.15, -0.1) is 12.4 Å². The van der Waals surface area contributed by atoms with Crippen molar-refractivity contribution in [3.63, 3.8) is 0 Å². The number of amides is 1. The van der Waals surface area contributed by atoms with E-state index in [1.807, 2.05) is 0 Å². The van der Waals surface area contributed by atoms with Gasteiger partial charge in [0, 0.05) is 17.1 Å². The van der Waals surface area contributed by atoms with Crippen LogP contribution in [-0.4, -0.2) is 25.5 Å². The van der Waals surface area contributed by atoms with Crippen molar-refractivity contribution in [2.75, 3.05) is 19.6 Å². The first-order valence-electron chi connectivity index (χ1n) is 6.34. The molecule has 2 N–H and O–H groups in total. The van der Waals surface area contributed by atoms with Gasteiger partial charge >= 0.3 is 0 Å². The Hall–Kier alpha value is -0.770. The van der Waals surface area contributed by atoms with E-state index in [9.17, 15) is 4.79 Å². The summed E-state index contributed by atoms with van der Waals surface area (Å²) in [6, 6.07) is 6.98. The van der Waals surface area contributed by atoms with Crippen molar-refractivity contribution >= 4 is 29.9 Å². The van der Waals surface area contributed by atoms with Crippen molar-refractivity contribution in [1.29, 1.82) is 0 Å². The fourth-order valence-electron chi connectivity index (χ4n) is 2.20. The van der Waals surface area contributed by atoms with Crippen LogP contribution in [0.5, 0.6) is 0 Å². The summed E-state index contributed by atoms with van der Waals surface area (Å²) < 4.78 is 0. The lowest BCUT2D eigenvalue weighted by Crippen LogP contribution is -2.42. The van der Waals surface area contributed by atoms with Gasteiger partial charge in [-0.3, -0.25) is 4.79 Å². The normalized spacial score (nSPS) is 17.4. The number of piperidine rings is 1. The van der Waals surface area contributed by atoms with Crippen molar-refractivity contribution in [3.05, 3.63) is 34.9 Å². The molecule has 1 amide bonds. The molecule has 0 bridgehead atoms. The average Bonchev–Trinajstić information content (AvgIpc) is 2.38. The van der Waals surface area contributed by atoms with E-state index in [1.54, 1.807) is 24.3 Å². The summed E-state index contributed by atoms with van der Waals surface area (Å²) in [6.45, 7) is 5.03. The van der Waals surface area contributed by atoms with Crippen molar-refractivity contribution < 1.29 is 4.79 Å². The number of hydrogen-bond donors (Lipinski definition) is 2. The molecular formula is C14H20Cl2N2O. The zero-order valence-electron chi connectivity index (χ0n) is 11.0. The molecule has 0 unspecified atom stereocenters. The minimum Gasteiger partial charge on any atom is -0.351 e. The van der Waals surface area contributed by atoms with E-state index in [4.69, 9.17) is 11.6 Å². The second-order valence-corrected chi connectivity index (χ2v) is 5.69. The van der Waals surface area contributed by atoms with Crippen LogP contribution in [0.4, 0.5) is 0 Å². The molecule has 0 aliphatic carbocycles. The zero-order chi connectivity index (χ0) is 13.0. The van der Waals surface area contributed by atoms with Gasteiger partial charge in [-0.25, -0.2) is 0 Å². The molecule has 0 atom stereocenters. The maximum atomic E-state index is 12.0. The molecule has 1 saturated heterocycles. The third-order valence-electron chi connectivity index (χ3n) is 3.59. The molecule has 1 heterocycles. The zero-order valence-corrected chi connectivity index (χ0v) is 12.6. The summed E-state index contributed by atoms with van der Waals surface area (Å²) in [5, 5.41) is 7.01. The fraction of sp³-hybridized carbons (Fsp3) is 0.500. The Kier molecular flexibility index (Phi) is 6.11. The summed E-state index contributed by atoms with van der Waals surface area (Å²) in [4.78, 5) is 12.0. The summed E-state index contributed by atoms with van der Waals surface area (Å²) in [7, 11) is 0. The number of carbonyl (C=O) groups is 1. The van der Waals surface area contributed by atoms with Crippen LogP contribution in [0.3, 0.4) is 0 Å². The highest BCUT2D eigenvalue weighted by molar-refractivity contribution is 6.30. The highest BCUT2D eigenvalue weighted by atomic mass is 35.5. The number of hydrogen-bond acceptors (Lipinski definition) is 2. The molecule has 0 saturated carbocycles. The predicted molar refractivity (Wildman–Crippen MR) is 81.2 cm³/mol. The predicted octanol–water partition coefficient (Wildman–Crippen LogP) is 2.88. The Morgan fingerprint density at radius 3 is 2.47 bits per heavy atom. The molecule has 0 spiro atoms. The topological polar surface area (TPSA) is 41.1 Å². The van der Waals surface area contributed by atoms with Crippen molar-refractivity contribution in [2.45, 2.75) is 19.8 Å². The van der Waals surface area contributed by atoms with E-state index in [0.717, 1.165) is 32.5 Å². The van der Waals surface area contributed by atoms with Crippen molar-refractivity contribution in [3.8, 4) is 0 Å². The van der Waals surface area contributed by atoms with E-state index in [-0.39, 0.29) is 23.7 Å². The monoisotopic (exact) mass is 302 g/mol. The lowest BCUT2D eigenvalue weighted by atomic mass is 9.81. The Bertz CT molecular complexity index is 414. The number of rotatable bonds is 3. The number of carbonyl (C=O) groups excluding carboxylic acids is 1. The average molecular weight is 303 g/mol. The van der Waals surface area contributed by atoms with Crippen LogP contribution in [0.25, 0.3) is 0 Å². The molecule has 0 radical (unpaired) electrons. The van der Waals surface area contributed by atoms with Crippen LogP contribution >= 0.6 is 24.0 Å². The quantitative estimate of drug-likeness (QED) is 0.901. The van der Waals surface area contributed by atoms with Crippen molar-refractivity contribution in [1.82, 2.24) is 10.6 Å². The molecule has 5 heteroatoms. The highest BCUT2D eigenvalue weighted by Crippen LogP contribution is 2.26. The van der Waals surface area contributed by atoms with Crippen LogP contribution in [0.15, 0.2) is 24.3 Å². The van der Waals surface area contributed by atoms with Gasteiger partial charge in [0.15, 0.2) is 0 Å². The summed E-state index contributed by atoms with van der Waals surface area (Å²) >= 11 is 5.80. The first kappa shape index (κ1) is 16.3. The third-order valence-corrected chi connectivity index (χ3v) is 3.84. The second kappa shape index (κ2) is 7.13. The molecule has 1 fully saturated rings. The molecule has 19 heavy (non-hydrogen) atoms. The maximum absolute atomic E-state index is 12.0. The molecule has 0 aromatic heterocycles. The Labute approximate surface area is 125 Å². The Morgan fingerprint density at radius 1 is 1.32 bits per heavy atom. The summed E-state index contributed by atoms with van der Waals surface area (Å²) in [5.74, 6) is -0.0218. The molecule has 1 aromatic carbocycles. The molecule has 1 aromatic rings. The van der Waals surface area contributed by atoms with E-state index < -0.39 is 0 Å². The minimum absolute atomic E-state index is 0. The molecule has 3 nitrogen and oxygen atoms in total. The second-order valence-electron chi connectivity index (χ2n) is 5.25. The molecular weight excluding hydrogens is 283 g/mol. The van der Waals surface area contributed by atoms with Crippen LogP contribution in [0, 0.1) is 5.41 Å². The van der Waals surface area contributed by atoms with Gasteiger partial charge in [0.25, 0.3) is 5.91 Å². The molecule has 1 aliphatic heterocycles. The standard InChI is InChI=1S/C14H19ClN2O.ClH/c1-14(6-8-16-9-7-14)10-17-13(18)11-2-4-12(15)5-3-11;/h2-5,16H,6-10H2,1H3,(H,17,18);1H. The largest absolute Gasteiger partial charge is 0.351 e. The maximum Gasteiger partial charge on any atom is 0.251 e. The molecule has 106 valence electrons. The number of halogens is 2. The van der Waals surface area contributed by atoms with Gasteiger partial charge in [-0.2, -0.15) is 0 Å². The number of nitrogens with one attached hydrogen (secondary N) is 2. The van der Waals surface area contributed by atoms with Gasteiger partial charge in [-0.05, 0) is 55.6 Å². The van der Waals surface area contributed by atoms with Crippen LogP contribution < -0.4 is 10.6 Å². The van der Waals surface area contributed by atoms with E-state index >= 15 is 0 Å². The first-order valence-corrected chi connectivity index (χ1v) is 6.71. The van der Waals surface area contributed by atoms with Gasteiger partial charge in [-0.1, -0.05) is 18.5 Å². The van der Waals surface area contributed by atoms with Crippen LogP contribution in [0.1, 0.15) is 30.1 Å². The summed E-state index contributed by atoms with van der Waals surface area (Å²) in [5.41, 5.74) is 0.879. The number of benzene rings is 1. The SMILES string of the molecule is CC1(CNC(=O)c2ccc(Cl)cc2)CCNCC1.Cl. The first-order chi connectivity index (χ1) is 8.59. The lowest BCUT2D eigenvalue weighted by molar-refractivity contribution is 0.0922. The Balaban J connectivity index is 0.00000180. The van der Waals surface area contributed by atoms with Gasteiger partial charge in [0.2, 0.25) is 0 Å². The van der Waals surface area contributed by atoms with E-state index in [1.165, 1.54) is 0 Å². The van der Waals surface area contributed by atoms with Crippen LogP contribution in [-0.2, 0) is 0 Å². The van der Waals surface area contributed by atoms with Gasteiger partial charge < -0.3 is 10.6 Å². The van der Waals surface area contributed by atoms with E-state index in [0.29, 0.717) is 10.6 Å². The fourth-order valence-corrected chi connectivity index (χ4v) is 2.33.